The van der Waals surface area contributed by atoms with E-state index in [2.05, 4.69) is 70.2 Å². The van der Waals surface area contributed by atoms with Crippen molar-refractivity contribution in [2.75, 3.05) is 0 Å². The molecule has 0 unspecified atom stereocenters. The summed E-state index contributed by atoms with van der Waals surface area (Å²) in [5, 5.41) is 10.5. The number of carbonyl (C=O) groups is 1. The minimum Gasteiger partial charge on any atom is -0.481 e. The molecule has 0 heterocycles. The van der Waals surface area contributed by atoms with E-state index in [9.17, 15) is 9.90 Å². The average Bonchev–Trinajstić information content (AvgIpc) is 2.69. The van der Waals surface area contributed by atoms with Crippen LogP contribution in [0.1, 0.15) is 80.2 Å². The fraction of sp³-hybridized carbons (Fsp3) is 0.519. The highest BCUT2D eigenvalue weighted by Gasteiger charge is 2.57. The van der Waals surface area contributed by atoms with E-state index in [0.717, 1.165) is 37.7 Å². The Labute approximate surface area is 175 Å². The summed E-state index contributed by atoms with van der Waals surface area (Å²) in [5.74, 6) is 0.105. The zero-order chi connectivity index (χ0) is 20.8. The van der Waals surface area contributed by atoms with Crippen LogP contribution in [0.15, 0.2) is 42.5 Å². The number of aliphatic carboxylic acids is 1. The molecule has 2 aliphatic rings. The molecule has 2 nitrogen and oxygen atoms in total. The van der Waals surface area contributed by atoms with Gasteiger partial charge in [-0.2, -0.15) is 0 Å². The summed E-state index contributed by atoms with van der Waals surface area (Å²) in [5.41, 5.74) is 5.91. The molecule has 0 amide bonds. The molecule has 2 aromatic rings. The van der Waals surface area contributed by atoms with E-state index in [0.29, 0.717) is 12.3 Å². The molecule has 4 rings (SSSR count). The number of aryl methyl sites for hydroxylation is 2. The van der Waals surface area contributed by atoms with Crippen LogP contribution in [0.2, 0.25) is 0 Å². The van der Waals surface area contributed by atoms with E-state index in [1.165, 1.54) is 22.3 Å². The number of rotatable bonds is 4. The quantitative estimate of drug-likeness (QED) is 0.652. The van der Waals surface area contributed by atoms with Crippen LogP contribution < -0.4 is 0 Å². The molecule has 2 aromatic carbocycles. The fourth-order valence-electron chi connectivity index (χ4n) is 6.30. The molecule has 3 atom stereocenters. The van der Waals surface area contributed by atoms with Crippen LogP contribution in [0.5, 0.6) is 0 Å². The first-order chi connectivity index (χ1) is 13.8. The van der Waals surface area contributed by atoms with Crippen molar-refractivity contribution in [3.05, 3.63) is 70.3 Å². The van der Waals surface area contributed by atoms with E-state index < -0.39 is 11.4 Å². The Bertz CT molecular complexity index is 911. The molecule has 2 aliphatic carbocycles. The Morgan fingerprint density at radius 3 is 2.52 bits per heavy atom. The van der Waals surface area contributed by atoms with Gasteiger partial charge in [-0.1, -0.05) is 75.2 Å². The summed E-state index contributed by atoms with van der Waals surface area (Å²) in [6, 6.07) is 15.4. The Morgan fingerprint density at radius 1 is 1.14 bits per heavy atom. The molecule has 1 saturated carbocycles. The van der Waals surface area contributed by atoms with Crippen LogP contribution in [0.4, 0.5) is 0 Å². The number of fused-ring (bicyclic) bond motifs is 3. The number of hydrogen-bond acceptors (Lipinski definition) is 1. The molecular formula is C27H34O2. The van der Waals surface area contributed by atoms with Crippen LogP contribution >= 0.6 is 0 Å². The summed E-state index contributed by atoms with van der Waals surface area (Å²) < 4.78 is 0. The summed E-state index contributed by atoms with van der Waals surface area (Å²) >= 11 is 0. The van der Waals surface area contributed by atoms with E-state index in [4.69, 9.17) is 0 Å². The highest BCUT2D eigenvalue weighted by atomic mass is 16.4. The second-order valence-corrected chi connectivity index (χ2v) is 10.1. The van der Waals surface area contributed by atoms with Gasteiger partial charge < -0.3 is 5.11 Å². The Hall–Kier alpha value is -2.09. The molecule has 29 heavy (non-hydrogen) atoms. The number of carboxylic acids is 1. The largest absolute Gasteiger partial charge is 0.481 e. The van der Waals surface area contributed by atoms with Gasteiger partial charge in [-0.25, -0.2) is 0 Å². The smallest absolute Gasteiger partial charge is 0.310 e. The van der Waals surface area contributed by atoms with Gasteiger partial charge in [0.1, 0.15) is 0 Å². The highest BCUT2D eigenvalue weighted by molar-refractivity contribution is 5.76. The van der Waals surface area contributed by atoms with Gasteiger partial charge >= 0.3 is 5.97 Å². The Balaban J connectivity index is 1.76. The van der Waals surface area contributed by atoms with Crippen LogP contribution in [-0.4, -0.2) is 11.1 Å². The summed E-state index contributed by atoms with van der Waals surface area (Å²) in [6.07, 6.45) is 5.48. The second kappa shape index (κ2) is 7.31. The molecular weight excluding hydrogens is 356 g/mol. The average molecular weight is 391 g/mol. The van der Waals surface area contributed by atoms with Crippen molar-refractivity contribution in [1.29, 1.82) is 0 Å². The second-order valence-electron chi connectivity index (χ2n) is 10.1. The third-order valence-corrected chi connectivity index (χ3v) is 7.93. The van der Waals surface area contributed by atoms with Crippen molar-refractivity contribution in [3.8, 4) is 0 Å². The van der Waals surface area contributed by atoms with E-state index in [-0.39, 0.29) is 11.3 Å². The highest BCUT2D eigenvalue weighted by Crippen LogP contribution is 2.58. The zero-order valence-electron chi connectivity index (χ0n) is 18.3. The first-order valence-corrected chi connectivity index (χ1v) is 11.2. The number of carboxylic acid groups (broad SMARTS) is 1. The number of benzene rings is 2. The van der Waals surface area contributed by atoms with Gasteiger partial charge in [0.15, 0.2) is 0 Å². The molecule has 0 aromatic heterocycles. The van der Waals surface area contributed by atoms with Crippen molar-refractivity contribution >= 4 is 5.97 Å². The first kappa shape index (κ1) is 20.2. The summed E-state index contributed by atoms with van der Waals surface area (Å²) in [4.78, 5) is 12.8. The molecule has 0 bridgehead atoms. The predicted molar refractivity (Wildman–Crippen MR) is 118 cm³/mol. The molecule has 2 heteroatoms. The van der Waals surface area contributed by atoms with Crippen molar-refractivity contribution < 1.29 is 9.90 Å². The minimum absolute atomic E-state index is 0.0512. The van der Waals surface area contributed by atoms with Gasteiger partial charge in [-0.05, 0) is 78.5 Å². The summed E-state index contributed by atoms with van der Waals surface area (Å²) in [7, 11) is 0. The van der Waals surface area contributed by atoms with Gasteiger partial charge in [0.05, 0.1) is 5.41 Å². The topological polar surface area (TPSA) is 37.3 Å². The van der Waals surface area contributed by atoms with Crippen molar-refractivity contribution in [1.82, 2.24) is 0 Å². The van der Waals surface area contributed by atoms with Gasteiger partial charge in [0.25, 0.3) is 0 Å². The van der Waals surface area contributed by atoms with E-state index >= 15 is 0 Å². The molecule has 0 spiro atoms. The lowest BCUT2D eigenvalue weighted by atomic mass is 9.48. The molecule has 0 aliphatic heterocycles. The van der Waals surface area contributed by atoms with E-state index in [1.807, 2.05) is 0 Å². The van der Waals surface area contributed by atoms with E-state index in [1.54, 1.807) is 0 Å². The van der Waals surface area contributed by atoms with Crippen molar-refractivity contribution in [2.24, 2.45) is 11.3 Å². The SMILES string of the molecule is Cc1ccc(C[C@@]2(C(=O)O)CCC[C@]3(C)c4ccc(C(C)C)cc4CC[C@@H]23)cc1. The first-order valence-electron chi connectivity index (χ1n) is 11.2. The molecule has 0 radical (unpaired) electrons. The van der Waals surface area contributed by atoms with Crippen LogP contribution in [0.25, 0.3) is 0 Å². The monoisotopic (exact) mass is 390 g/mol. The fourth-order valence-corrected chi connectivity index (χ4v) is 6.30. The third-order valence-electron chi connectivity index (χ3n) is 7.93. The lowest BCUT2D eigenvalue weighted by molar-refractivity contribution is -0.159. The van der Waals surface area contributed by atoms with Gasteiger partial charge in [0.2, 0.25) is 0 Å². The number of hydrogen-bond donors (Lipinski definition) is 1. The maximum Gasteiger partial charge on any atom is 0.310 e. The van der Waals surface area contributed by atoms with Gasteiger partial charge in [-0.15, -0.1) is 0 Å². The molecule has 154 valence electrons. The minimum atomic E-state index is -0.670. The standard InChI is InChI=1S/C27H34O2/c1-18(2)21-10-12-23-22(16-21)11-13-24-26(23,4)14-5-15-27(24,25(28)29)17-20-8-6-19(3)7-9-20/h6-10,12,16,18,24H,5,11,13-15,17H2,1-4H3,(H,28,29)/t24-,26-,27+/m1/s1. The Kier molecular flexibility index (Phi) is 5.09. The van der Waals surface area contributed by atoms with Gasteiger partial charge in [0, 0.05) is 0 Å². The van der Waals surface area contributed by atoms with Crippen LogP contribution in [-0.2, 0) is 23.1 Å². The normalized spacial score (nSPS) is 28.7. The predicted octanol–water partition coefficient (Wildman–Crippen LogP) is 6.44. The van der Waals surface area contributed by atoms with Crippen LogP contribution in [0.3, 0.4) is 0 Å². The Morgan fingerprint density at radius 2 is 1.86 bits per heavy atom. The molecule has 1 fully saturated rings. The van der Waals surface area contributed by atoms with Crippen molar-refractivity contribution in [2.45, 2.75) is 77.6 Å². The lowest BCUT2D eigenvalue weighted by Gasteiger charge is -2.55. The molecule has 0 saturated heterocycles. The maximum atomic E-state index is 12.8. The lowest BCUT2D eigenvalue weighted by Crippen LogP contribution is -2.54. The van der Waals surface area contributed by atoms with Crippen LogP contribution in [0, 0.1) is 18.3 Å². The zero-order valence-corrected chi connectivity index (χ0v) is 18.3. The maximum absolute atomic E-state index is 12.8. The van der Waals surface area contributed by atoms with Crippen molar-refractivity contribution in [3.63, 3.8) is 0 Å². The molecule has 1 N–H and O–H groups in total. The summed E-state index contributed by atoms with van der Waals surface area (Å²) in [6.45, 7) is 8.91. The van der Waals surface area contributed by atoms with Gasteiger partial charge in [-0.3, -0.25) is 4.79 Å². The third kappa shape index (κ3) is 3.31.